The average molecular weight is 213 g/mol. The molecule has 0 spiro atoms. The maximum atomic E-state index is 13.0. The van der Waals surface area contributed by atoms with Gasteiger partial charge in [0, 0.05) is 6.07 Å². The molecule has 1 fully saturated rings. The van der Waals surface area contributed by atoms with E-state index in [4.69, 9.17) is 0 Å². The summed E-state index contributed by atoms with van der Waals surface area (Å²) >= 11 is 0. The van der Waals surface area contributed by atoms with Crippen molar-refractivity contribution in [3.05, 3.63) is 35.4 Å². The van der Waals surface area contributed by atoms with Crippen LogP contribution in [0, 0.1) is 11.6 Å². The van der Waals surface area contributed by atoms with Gasteiger partial charge in [0.1, 0.15) is 11.6 Å². The summed E-state index contributed by atoms with van der Waals surface area (Å²) in [4.78, 5) is 0. The Morgan fingerprint density at radius 1 is 1.07 bits per heavy atom. The molecular formula is C11H13F2NO. The molecule has 1 saturated heterocycles. The Morgan fingerprint density at radius 3 is 2.13 bits per heavy atom. The second kappa shape index (κ2) is 3.87. The highest BCUT2D eigenvalue weighted by molar-refractivity contribution is 5.25. The number of nitrogens with one attached hydrogen (secondary N) is 1. The minimum Gasteiger partial charge on any atom is -0.385 e. The first-order valence-electron chi connectivity index (χ1n) is 5.00. The van der Waals surface area contributed by atoms with Gasteiger partial charge >= 0.3 is 0 Å². The van der Waals surface area contributed by atoms with Gasteiger partial charge in [-0.15, -0.1) is 0 Å². The fourth-order valence-electron chi connectivity index (χ4n) is 1.95. The second-order valence-electron chi connectivity index (χ2n) is 3.94. The molecule has 15 heavy (non-hydrogen) atoms. The number of halogens is 2. The van der Waals surface area contributed by atoms with Crippen LogP contribution in [0.4, 0.5) is 8.78 Å². The summed E-state index contributed by atoms with van der Waals surface area (Å²) in [6, 6.07) is 3.22. The van der Waals surface area contributed by atoms with Crippen LogP contribution in [0.15, 0.2) is 18.2 Å². The third-order valence-electron chi connectivity index (χ3n) is 2.83. The molecule has 0 unspecified atom stereocenters. The van der Waals surface area contributed by atoms with Crippen molar-refractivity contribution in [2.24, 2.45) is 0 Å². The quantitative estimate of drug-likeness (QED) is 0.741. The van der Waals surface area contributed by atoms with E-state index >= 15 is 0 Å². The summed E-state index contributed by atoms with van der Waals surface area (Å²) in [6.07, 6.45) is 0.964. The van der Waals surface area contributed by atoms with Crippen LogP contribution >= 0.6 is 0 Å². The van der Waals surface area contributed by atoms with E-state index in [0.717, 1.165) is 6.07 Å². The van der Waals surface area contributed by atoms with Crippen LogP contribution in [0.3, 0.4) is 0 Å². The van der Waals surface area contributed by atoms with Crippen molar-refractivity contribution >= 4 is 0 Å². The molecule has 2 N–H and O–H groups in total. The van der Waals surface area contributed by atoms with Crippen molar-refractivity contribution in [1.29, 1.82) is 0 Å². The van der Waals surface area contributed by atoms with Gasteiger partial charge in [-0.25, -0.2) is 8.78 Å². The monoisotopic (exact) mass is 213 g/mol. The van der Waals surface area contributed by atoms with Gasteiger partial charge in [0.2, 0.25) is 0 Å². The third-order valence-corrected chi connectivity index (χ3v) is 2.83. The zero-order valence-corrected chi connectivity index (χ0v) is 8.26. The predicted octanol–water partition coefficient (Wildman–Crippen LogP) is 1.54. The van der Waals surface area contributed by atoms with Crippen LogP contribution < -0.4 is 5.32 Å². The lowest BCUT2D eigenvalue weighted by atomic mass is 9.85. The first-order chi connectivity index (χ1) is 7.10. The van der Waals surface area contributed by atoms with E-state index in [1.165, 1.54) is 12.1 Å². The zero-order valence-electron chi connectivity index (χ0n) is 8.26. The van der Waals surface area contributed by atoms with Crippen LogP contribution in [0.25, 0.3) is 0 Å². The molecule has 1 aromatic carbocycles. The summed E-state index contributed by atoms with van der Waals surface area (Å²) in [5, 5.41) is 13.3. The number of hydrogen-bond acceptors (Lipinski definition) is 2. The Balaban J connectivity index is 2.34. The zero-order chi connectivity index (χ0) is 10.9. The molecule has 1 heterocycles. The Labute approximate surface area is 86.9 Å². The van der Waals surface area contributed by atoms with Gasteiger partial charge in [0.05, 0.1) is 5.60 Å². The van der Waals surface area contributed by atoms with Crippen molar-refractivity contribution in [1.82, 2.24) is 5.32 Å². The lowest BCUT2D eigenvalue weighted by molar-refractivity contribution is 0.00539. The predicted molar refractivity (Wildman–Crippen MR) is 52.4 cm³/mol. The summed E-state index contributed by atoms with van der Waals surface area (Å²) in [5.41, 5.74) is -0.754. The average Bonchev–Trinajstić information content (AvgIpc) is 2.17. The van der Waals surface area contributed by atoms with Gasteiger partial charge in [0.25, 0.3) is 0 Å². The number of benzene rings is 1. The van der Waals surface area contributed by atoms with E-state index in [9.17, 15) is 13.9 Å². The van der Waals surface area contributed by atoms with E-state index < -0.39 is 17.2 Å². The molecule has 0 amide bonds. The largest absolute Gasteiger partial charge is 0.385 e. The highest BCUT2D eigenvalue weighted by Gasteiger charge is 2.31. The summed E-state index contributed by atoms with van der Waals surface area (Å²) < 4.78 is 26.0. The number of piperidine rings is 1. The van der Waals surface area contributed by atoms with Gasteiger partial charge in [-0.1, -0.05) is 0 Å². The Hall–Kier alpha value is -1.00. The van der Waals surface area contributed by atoms with E-state index in [2.05, 4.69) is 5.32 Å². The van der Waals surface area contributed by atoms with E-state index in [1.807, 2.05) is 0 Å². The lowest BCUT2D eigenvalue weighted by Gasteiger charge is -2.33. The first kappa shape index (κ1) is 10.5. The van der Waals surface area contributed by atoms with Gasteiger partial charge in [0.15, 0.2) is 0 Å². The summed E-state index contributed by atoms with van der Waals surface area (Å²) in [7, 11) is 0. The van der Waals surface area contributed by atoms with E-state index in [-0.39, 0.29) is 0 Å². The molecule has 0 bridgehead atoms. The van der Waals surface area contributed by atoms with Gasteiger partial charge in [-0.05, 0) is 43.6 Å². The Morgan fingerprint density at radius 2 is 1.60 bits per heavy atom. The van der Waals surface area contributed by atoms with E-state index in [1.54, 1.807) is 0 Å². The normalized spacial score (nSPS) is 20.2. The van der Waals surface area contributed by atoms with E-state index in [0.29, 0.717) is 31.5 Å². The van der Waals surface area contributed by atoms with Crippen LogP contribution in [-0.2, 0) is 5.60 Å². The third kappa shape index (κ3) is 2.16. The number of rotatable bonds is 1. The maximum Gasteiger partial charge on any atom is 0.126 e. The topological polar surface area (TPSA) is 32.3 Å². The smallest absolute Gasteiger partial charge is 0.126 e. The Kier molecular flexibility index (Phi) is 2.71. The molecule has 2 nitrogen and oxygen atoms in total. The van der Waals surface area contributed by atoms with Gasteiger partial charge < -0.3 is 10.4 Å². The molecule has 1 aliphatic heterocycles. The summed E-state index contributed by atoms with van der Waals surface area (Å²) in [5.74, 6) is -1.28. The van der Waals surface area contributed by atoms with Crippen molar-refractivity contribution in [3.8, 4) is 0 Å². The molecule has 2 rings (SSSR count). The van der Waals surface area contributed by atoms with Gasteiger partial charge in [-0.3, -0.25) is 0 Å². The van der Waals surface area contributed by atoms with Gasteiger partial charge in [-0.2, -0.15) is 0 Å². The van der Waals surface area contributed by atoms with Crippen LogP contribution in [0.2, 0.25) is 0 Å². The highest BCUT2D eigenvalue weighted by Crippen LogP contribution is 2.31. The summed E-state index contributed by atoms with van der Waals surface area (Å²) in [6.45, 7) is 1.32. The number of hydrogen-bond donors (Lipinski definition) is 2. The van der Waals surface area contributed by atoms with Crippen molar-refractivity contribution in [2.75, 3.05) is 13.1 Å². The van der Waals surface area contributed by atoms with Crippen molar-refractivity contribution in [3.63, 3.8) is 0 Å². The molecule has 0 atom stereocenters. The highest BCUT2D eigenvalue weighted by atomic mass is 19.1. The molecule has 0 aromatic heterocycles. The molecule has 1 aromatic rings. The fraction of sp³-hybridized carbons (Fsp3) is 0.455. The molecule has 82 valence electrons. The Bertz CT molecular complexity index is 341. The minimum atomic E-state index is -1.09. The number of aliphatic hydroxyl groups is 1. The molecule has 4 heteroatoms. The van der Waals surface area contributed by atoms with Crippen LogP contribution in [0.1, 0.15) is 18.4 Å². The molecule has 1 aliphatic rings. The molecule has 0 aliphatic carbocycles. The standard InChI is InChI=1S/C11H13F2NO/c12-9-5-8(6-10(13)7-9)11(15)1-3-14-4-2-11/h5-7,14-15H,1-4H2. The fourth-order valence-corrected chi connectivity index (χ4v) is 1.95. The maximum absolute atomic E-state index is 13.0. The molecule has 0 saturated carbocycles. The van der Waals surface area contributed by atoms with Crippen LogP contribution in [0.5, 0.6) is 0 Å². The SMILES string of the molecule is OC1(c2cc(F)cc(F)c2)CCNCC1. The second-order valence-corrected chi connectivity index (χ2v) is 3.94. The van der Waals surface area contributed by atoms with Crippen molar-refractivity contribution < 1.29 is 13.9 Å². The first-order valence-corrected chi connectivity index (χ1v) is 5.00. The molecule has 0 radical (unpaired) electrons. The molecular weight excluding hydrogens is 200 g/mol. The van der Waals surface area contributed by atoms with Crippen LogP contribution in [-0.4, -0.2) is 18.2 Å². The van der Waals surface area contributed by atoms with Crippen molar-refractivity contribution in [2.45, 2.75) is 18.4 Å². The minimum absolute atomic E-state index is 0.335. The lowest BCUT2D eigenvalue weighted by Crippen LogP contribution is -2.39.